The first-order valence-corrected chi connectivity index (χ1v) is 6.26. The first-order valence-electron chi connectivity index (χ1n) is 6.26. The van der Waals surface area contributed by atoms with Gasteiger partial charge in [-0.2, -0.15) is 0 Å². The molecule has 0 aliphatic carbocycles. The second-order valence-electron chi connectivity index (χ2n) is 4.37. The molecule has 2 N–H and O–H groups in total. The van der Waals surface area contributed by atoms with E-state index in [0.29, 0.717) is 13.0 Å². The predicted octanol–water partition coefficient (Wildman–Crippen LogP) is 0.0781. The maximum Gasteiger partial charge on any atom is 0.326 e. The lowest BCUT2D eigenvalue weighted by molar-refractivity contribution is -0.146. The smallest absolute Gasteiger partial charge is 0.326 e. The van der Waals surface area contributed by atoms with Crippen molar-refractivity contribution in [3.05, 3.63) is 0 Å². The van der Waals surface area contributed by atoms with Crippen LogP contribution in [0.2, 0.25) is 0 Å². The van der Waals surface area contributed by atoms with E-state index in [1.54, 1.807) is 0 Å². The fraction of sp³-hybridized carbons (Fsp3) is 0.750. The topological polar surface area (TPSA) is 102 Å². The molecule has 1 amide bonds. The maximum atomic E-state index is 11.8. The lowest BCUT2D eigenvalue weighted by atomic mass is 10.1. The number of aliphatic carboxylic acids is 1. The van der Waals surface area contributed by atoms with Crippen LogP contribution in [0.15, 0.2) is 0 Å². The molecule has 0 radical (unpaired) electrons. The first kappa shape index (κ1) is 15.4. The normalized spacial score (nSPS) is 20.4. The third kappa shape index (κ3) is 5.25. The number of carboxylic acids is 1. The van der Waals surface area contributed by atoms with Gasteiger partial charge < -0.3 is 19.9 Å². The SMILES string of the molecule is COC(=O)CCC(NC(=O)C1CCCCO1)C(=O)O. The predicted molar refractivity (Wildman–Crippen MR) is 64.4 cm³/mol. The van der Waals surface area contributed by atoms with Gasteiger partial charge in [0.2, 0.25) is 5.91 Å². The van der Waals surface area contributed by atoms with E-state index in [-0.39, 0.29) is 12.8 Å². The van der Waals surface area contributed by atoms with Gasteiger partial charge in [-0.15, -0.1) is 0 Å². The van der Waals surface area contributed by atoms with E-state index in [1.165, 1.54) is 7.11 Å². The molecule has 0 saturated carbocycles. The molecule has 7 heteroatoms. The van der Waals surface area contributed by atoms with Gasteiger partial charge in [-0.25, -0.2) is 4.79 Å². The second-order valence-corrected chi connectivity index (χ2v) is 4.37. The summed E-state index contributed by atoms with van der Waals surface area (Å²) < 4.78 is 9.70. The zero-order valence-corrected chi connectivity index (χ0v) is 10.9. The van der Waals surface area contributed by atoms with Crippen LogP contribution < -0.4 is 5.32 Å². The third-order valence-corrected chi connectivity index (χ3v) is 2.95. The van der Waals surface area contributed by atoms with Crippen molar-refractivity contribution in [1.82, 2.24) is 5.32 Å². The summed E-state index contributed by atoms with van der Waals surface area (Å²) >= 11 is 0. The molecule has 2 unspecified atom stereocenters. The standard InChI is InChI=1S/C12H19NO6/c1-18-10(14)6-5-8(12(16)17)13-11(15)9-4-2-3-7-19-9/h8-9H,2-7H2,1H3,(H,13,15)(H,16,17). The number of ether oxygens (including phenoxy) is 2. The van der Waals surface area contributed by atoms with Crippen molar-refractivity contribution >= 4 is 17.8 Å². The lowest BCUT2D eigenvalue weighted by Crippen LogP contribution is -2.47. The Morgan fingerprint density at radius 2 is 2.16 bits per heavy atom. The van der Waals surface area contributed by atoms with Gasteiger partial charge in [0.05, 0.1) is 7.11 Å². The molecule has 2 atom stereocenters. The van der Waals surface area contributed by atoms with Crippen LogP contribution in [0, 0.1) is 0 Å². The van der Waals surface area contributed by atoms with E-state index in [9.17, 15) is 14.4 Å². The molecule has 0 bridgehead atoms. The summed E-state index contributed by atoms with van der Waals surface area (Å²) in [6.45, 7) is 0.512. The number of rotatable bonds is 6. The van der Waals surface area contributed by atoms with Gasteiger partial charge in [0.1, 0.15) is 12.1 Å². The summed E-state index contributed by atoms with van der Waals surface area (Å²) in [7, 11) is 1.23. The number of methoxy groups -OCH3 is 1. The molecule has 1 fully saturated rings. The van der Waals surface area contributed by atoms with E-state index in [0.717, 1.165) is 12.8 Å². The molecule has 108 valence electrons. The largest absolute Gasteiger partial charge is 0.480 e. The maximum absolute atomic E-state index is 11.8. The Bertz CT molecular complexity index is 337. The average molecular weight is 273 g/mol. The minimum atomic E-state index is -1.17. The van der Waals surface area contributed by atoms with Crippen LogP contribution in [-0.4, -0.2) is 48.8 Å². The van der Waals surface area contributed by atoms with E-state index in [4.69, 9.17) is 9.84 Å². The fourth-order valence-electron chi connectivity index (χ4n) is 1.83. The Balaban J connectivity index is 2.45. The van der Waals surface area contributed by atoms with Gasteiger partial charge in [0, 0.05) is 13.0 Å². The highest BCUT2D eigenvalue weighted by Crippen LogP contribution is 2.13. The van der Waals surface area contributed by atoms with Crippen LogP contribution in [-0.2, 0) is 23.9 Å². The molecule has 0 spiro atoms. The minimum Gasteiger partial charge on any atom is -0.480 e. The Morgan fingerprint density at radius 3 is 2.68 bits per heavy atom. The molecule has 1 heterocycles. The number of amides is 1. The van der Waals surface area contributed by atoms with Gasteiger partial charge in [-0.3, -0.25) is 9.59 Å². The van der Waals surface area contributed by atoms with Crippen molar-refractivity contribution in [2.75, 3.05) is 13.7 Å². The van der Waals surface area contributed by atoms with Crippen LogP contribution in [0.25, 0.3) is 0 Å². The molecule has 0 aromatic rings. The highest BCUT2D eigenvalue weighted by molar-refractivity contribution is 5.86. The number of esters is 1. The van der Waals surface area contributed by atoms with Crippen LogP contribution in [0.1, 0.15) is 32.1 Å². The van der Waals surface area contributed by atoms with Gasteiger partial charge in [0.25, 0.3) is 0 Å². The summed E-state index contributed by atoms with van der Waals surface area (Å²) in [4.78, 5) is 33.8. The van der Waals surface area contributed by atoms with Crippen molar-refractivity contribution in [2.24, 2.45) is 0 Å². The average Bonchev–Trinajstić information content (AvgIpc) is 2.43. The minimum absolute atomic E-state index is 0.000463. The number of nitrogens with one attached hydrogen (secondary N) is 1. The van der Waals surface area contributed by atoms with Crippen LogP contribution in [0.5, 0.6) is 0 Å². The van der Waals surface area contributed by atoms with Gasteiger partial charge >= 0.3 is 11.9 Å². The molecule has 1 saturated heterocycles. The summed E-state index contributed by atoms with van der Waals surface area (Å²) in [6, 6.07) is -1.10. The Morgan fingerprint density at radius 1 is 1.42 bits per heavy atom. The summed E-state index contributed by atoms with van der Waals surface area (Å²) in [6.07, 6.45) is 1.75. The van der Waals surface area contributed by atoms with Gasteiger partial charge in [0.15, 0.2) is 0 Å². The van der Waals surface area contributed by atoms with Gasteiger partial charge in [-0.05, 0) is 25.7 Å². The molecule has 1 rings (SSSR count). The molecular formula is C12H19NO6. The molecule has 1 aliphatic rings. The zero-order chi connectivity index (χ0) is 14.3. The van der Waals surface area contributed by atoms with Crippen LogP contribution in [0.4, 0.5) is 0 Å². The highest BCUT2D eigenvalue weighted by atomic mass is 16.5. The third-order valence-electron chi connectivity index (χ3n) is 2.95. The molecule has 19 heavy (non-hydrogen) atoms. The van der Waals surface area contributed by atoms with Crippen LogP contribution in [0.3, 0.4) is 0 Å². The highest BCUT2D eigenvalue weighted by Gasteiger charge is 2.27. The molecular weight excluding hydrogens is 254 g/mol. The van der Waals surface area contributed by atoms with Crippen LogP contribution >= 0.6 is 0 Å². The first-order chi connectivity index (χ1) is 9.04. The van der Waals surface area contributed by atoms with E-state index in [2.05, 4.69) is 10.1 Å². The number of hydrogen-bond acceptors (Lipinski definition) is 5. The van der Waals surface area contributed by atoms with E-state index in [1.807, 2.05) is 0 Å². The lowest BCUT2D eigenvalue weighted by Gasteiger charge is -2.23. The fourth-order valence-corrected chi connectivity index (χ4v) is 1.83. The number of carboxylic acid groups (broad SMARTS) is 1. The summed E-state index contributed by atoms with van der Waals surface area (Å²) in [5.41, 5.74) is 0. The van der Waals surface area contributed by atoms with Crippen molar-refractivity contribution in [3.63, 3.8) is 0 Å². The molecule has 7 nitrogen and oxygen atoms in total. The van der Waals surface area contributed by atoms with Crippen molar-refractivity contribution in [1.29, 1.82) is 0 Å². The molecule has 0 aromatic carbocycles. The van der Waals surface area contributed by atoms with Crippen molar-refractivity contribution < 1.29 is 29.0 Å². The quantitative estimate of drug-likeness (QED) is 0.664. The second kappa shape index (κ2) is 7.73. The van der Waals surface area contributed by atoms with E-state index < -0.39 is 30.0 Å². The Kier molecular flexibility index (Phi) is 6.27. The Hall–Kier alpha value is -1.63. The molecule has 1 aliphatic heterocycles. The van der Waals surface area contributed by atoms with Crippen molar-refractivity contribution in [2.45, 2.75) is 44.2 Å². The number of carbonyl (C=O) groups excluding carboxylic acids is 2. The molecule has 0 aromatic heterocycles. The van der Waals surface area contributed by atoms with Gasteiger partial charge in [-0.1, -0.05) is 0 Å². The number of carbonyl (C=O) groups is 3. The van der Waals surface area contributed by atoms with Crippen molar-refractivity contribution in [3.8, 4) is 0 Å². The summed E-state index contributed by atoms with van der Waals surface area (Å²) in [5.74, 6) is -2.11. The monoisotopic (exact) mass is 273 g/mol. The summed E-state index contributed by atoms with van der Waals surface area (Å²) in [5, 5.41) is 11.4. The van der Waals surface area contributed by atoms with E-state index >= 15 is 0 Å². The zero-order valence-electron chi connectivity index (χ0n) is 10.9. The Labute approximate surface area is 111 Å². The number of hydrogen-bond donors (Lipinski definition) is 2.